The van der Waals surface area contributed by atoms with Crippen molar-refractivity contribution in [1.82, 2.24) is 0 Å². The summed E-state index contributed by atoms with van der Waals surface area (Å²) in [6, 6.07) is 9.34. The van der Waals surface area contributed by atoms with Crippen LogP contribution < -0.4 is 0 Å². The van der Waals surface area contributed by atoms with Gasteiger partial charge in [-0.2, -0.15) is 0 Å². The number of rotatable bonds is 4. The third kappa shape index (κ3) is 8.33. The minimum Gasteiger partial charge on any atom is -0.450 e. The Morgan fingerprint density at radius 3 is 2.11 bits per heavy atom. The lowest BCUT2D eigenvalue weighted by molar-refractivity contribution is 0.0814. The summed E-state index contributed by atoms with van der Waals surface area (Å²) in [7, 11) is 0. The van der Waals surface area contributed by atoms with Crippen molar-refractivity contribution in [2.24, 2.45) is 5.92 Å². The Balaban J connectivity index is 0.000000331. The molecule has 18 heavy (non-hydrogen) atoms. The molecule has 0 fully saturated rings. The Kier molecular flexibility index (Phi) is 8.27. The molecule has 1 rings (SSSR count). The molecule has 4 nitrogen and oxygen atoms in total. The van der Waals surface area contributed by atoms with E-state index in [0.717, 1.165) is 5.56 Å². The second-order valence-corrected chi connectivity index (χ2v) is 4.11. The minimum atomic E-state index is -1.20. The van der Waals surface area contributed by atoms with Gasteiger partial charge in [0.15, 0.2) is 5.78 Å². The van der Waals surface area contributed by atoms with Crippen LogP contribution in [0.15, 0.2) is 30.3 Å². The first-order chi connectivity index (χ1) is 8.47. The molecule has 0 heterocycles. The summed E-state index contributed by atoms with van der Waals surface area (Å²) >= 11 is 0. The molecule has 0 saturated heterocycles. The number of hydrogen-bond donors (Lipinski definition) is 1. The smallest absolute Gasteiger partial charge is 0.450 e. The van der Waals surface area contributed by atoms with Gasteiger partial charge in [-0.05, 0) is 5.92 Å². The molecule has 1 aromatic rings. The lowest BCUT2D eigenvalue weighted by Gasteiger charge is -2.00. The Morgan fingerprint density at radius 2 is 1.78 bits per heavy atom. The number of hydrogen-bond acceptors (Lipinski definition) is 3. The molecule has 0 amide bonds. The Bertz CT molecular complexity index is 357. The number of carbonyl (C=O) groups is 2. The lowest BCUT2D eigenvalue weighted by atomic mass is 10.1. The van der Waals surface area contributed by atoms with Crippen LogP contribution in [0.1, 0.15) is 37.6 Å². The van der Waals surface area contributed by atoms with E-state index in [4.69, 9.17) is 5.11 Å². The molecule has 0 aliphatic heterocycles. The molecule has 0 bridgehead atoms. The molecule has 100 valence electrons. The van der Waals surface area contributed by atoms with Crippen molar-refractivity contribution in [3.63, 3.8) is 0 Å². The first kappa shape index (κ1) is 16.2. The van der Waals surface area contributed by atoms with E-state index in [1.54, 1.807) is 0 Å². The standard InChI is InChI=1S/C9H10O.C5H10O3/c1-2-9(10)8-6-4-3-5-7-8;1-4(2)3-8-5(6)7/h3-7H,2H2,1H3;4H,3H2,1-2H3,(H,6,7). The van der Waals surface area contributed by atoms with E-state index in [2.05, 4.69) is 4.74 Å². The summed E-state index contributed by atoms with van der Waals surface area (Å²) in [5.74, 6) is 0.492. The van der Waals surface area contributed by atoms with Gasteiger partial charge in [0.25, 0.3) is 0 Å². The third-order valence-corrected chi connectivity index (χ3v) is 1.96. The first-order valence-corrected chi connectivity index (χ1v) is 5.91. The zero-order valence-corrected chi connectivity index (χ0v) is 11.1. The highest BCUT2D eigenvalue weighted by molar-refractivity contribution is 5.95. The number of ketones is 1. The van der Waals surface area contributed by atoms with Gasteiger partial charge in [0.1, 0.15) is 0 Å². The van der Waals surface area contributed by atoms with Crippen molar-refractivity contribution < 1.29 is 19.4 Å². The first-order valence-electron chi connectivity index (χ1n) is 5.91. The maximum atomic E-state index is 11.0. The molecule has 0 spiro atoms. The topological polar surface area (TPSA) is 63.6 Å². The number of carbonyl (C=O) groups excluding carboxylic acids is 1. The molecule has 0 radical (unpaired) electrons. The Labute approximate surface area is 108 Å². The normalized spacial score (nSPS) is 9.33. The fourth-order valence-corrected chi connectivity index (χ4v) is 1.07. The third-order valence-electron chi connectivity index (χ3n) is 1.96. The summed E-state index contributed by atoms with van der Waals surface area (Å²) in [6.45, 7) is 5.94. The van der Waals surface area contributed by atoms with Crippen LogP contribution in [0.2, 0.25) is 0 Å². The summed E-state index contributed by atoms with van der Waals surface area (Å²) in [6.07, 6.45) is -0.608. The quantitative estimate of drug-likeness (QED) is 0.656. The van der Waals surface area contributed by atoms with E-state index in [9.17, 15) is 9.59 Å². The predicted octanol–water partition coefficient (Wildman–Crippen LogP) is 3.62. The van der Waals surface area contributed by atoms with Crippen LogP contribution in [-0.2, 0) is 4.74 Å². The van der Waals surface area contributed by atoms with E-state index in [-0.39, 0.29) is 18.3 Å². The molecular weight excluding hydrogens is 232 g/mol. The van der Waals surface area contributed by atoms with Crippen LogP contribution >= 0.6 is 0 Å². The summed E-state index contributed by atoms with van der Waals surface area (Å²) in [4.78, 5) is 20.7. The van der Waals surface area contributed by atoms with Crippen molar-refractivity contribution in [3.8, 4) is 0 Å². The molecular formula is C14H20O4. The van der Waals surface area contributed by atoms with Crippen molar-refractivity contribution in [2.75, 3.05) is 6.61 Å². The van der Waals surface area contributed by atoms with Crippen molar-refractivity contribution in [3.05, 3.63) is 35.9 Å². The maximum absolute atomic E-state index is 11.0. The summed E-state index contributed by atoms with van der Waals surface area (Å²) < 4.78 is 4.22. The fourth-order valence-electron chi connectivity index (χ4n) is 1.07. The number of carboxylic acid groups (broad SMARTS) is 1. The van der Waals surface area contributed by atoms with Crippen molar-refractivity contribution >= 4 is 11.9 Å². The maximum Gasteiger partial charge on any atom is 0.505 e. The average molecular weight is 252 g/mol. The number of benzene rings is 1. The molecule has 4 heteroatoms. The van der Waals surface area contributed by atoms with Crippen LogP contribution in [0.5, 0.6) is 0 Å². The van der Waals surface area contributed by atoms with Gasteiger partial charge in [-0.3, -0.25) is 4.79 Å². The number of ether oxygens (including phenoxy) is 1. The lowest BCUT2D eigenvalue weighted by Crippen LogP contribution is -2.06. The van der Waals surface area contributed by atoms with E-state index in [1.165, 1.54) is 0 Å². The highest BCUT2D eigenvalue weighted by Gasteiger charge is 1.98. The zero-order chi connectivity index (χ0) is 14.0. The van der Waals surface area contributed by atoms with Crippen LogP contribution in [-0.4, -0.2) is 23.7 Å². The Hall–Kier alpha value is -1.84. The van der Waals surface area contributed by atoms with Gasteiger partial charge < -0.3 is 9.84 Å². The van der Waals surface area contributed by atoms with Crippen LogP contribution in [0.25, 0.3) is 0 Å². The van der Waals surface area contributed by atoms with E-state index in [0.29, 0.717) is 6.42 Å². The van der Waals surface area contributed by atoms with Crippen LogP contribution in [0.3, 0.4) is 0 Å². The molecule has 0 unspecified atom stereocenters. The Morgan fingerprint density at radius 1 is 1.22 bits per heavy atom. The summed E-state index contributed by atoms with van der Waals surface area (Å²) in [5, 5.41) is 7.94. The average Bonchev–Trinajstić information content (AvgIpc) is 2.37. The van der Waals surface area contributed by atoms with Crippen LogP contribution in [0, 0.1) is 5.92 Å². The second-order valence-electron chi connectivity index (χ2n) is 4.11. The van der Waals surface area contributed by atoms with Gasteiger partial charge in [0, 0.05) is 12.0 Å². The second kappa shape index (κ2) is 9.22. The molecule has 0 aliphatic rings. The van der Waals surface area contributed by atoms with Gasteiger partial charge in [-0.25, -0.2) is 4.79 Å². The molecule has 1 aromatic carbocycles. The van der Waals surface area contributed by atoms with Gasteiger partial charge >= 0.3 is 6.16 Å². The molecule has 1 N–H and O–H groups in total. The highest BCUT2D eigenvalue weighted by atomic mass is 16.7. The minimum absolute atomic E-state index is 0.209. The van der Waals surface area contributed by atoms with E-state index in [1.807, 2.05) is 51.1 Å². The molecule has 0 aromatic heterocycles. The SMILES string of the molecule is CC(C)COC(=O)O.CCC(=O)c1ccccc1. The largest absolute Gasteiger partial charge is 0.505 e. The zero-order valence-electron chi connectivity index (χ0n) is 11.1. The van der Waals surface area contributed by atoms with Crippen molar-refractivity contribution in [2.45, 2.75) is 27.2 Å². The molecule has 0 aliphatic carbocycles. The predicted molar refractivity (Wildman–Crippen MR) is 69.9 cm³/mol. The highest BCUT2D eigenvalue weighted by Crippen LogP contribution is 2.01. The summed E-state index contributed by atoms with van der Waals surface area (Å²) in [5.41, 5.74) is 0.810. The molecule has 0 saturated carbocycles. The van der Waals surface area contributed by atoms with Gasteiger partial charge in [0.05, 0.1) is 6.61 Å². The van der Waals surface area contributed by atoms with Gasteiger partial charge in [-0.15, -0.1) is 0 Å². The van der Waals surface area contributed by atoms with E-state index < -0.39 is 6.16 Å². The van der Waals surface area contributed by atoms with Crippen LogP contribution in [0.4, 0.5) is 4.79 Å². The van der Waals surface area contributed by atoms with Gasteiger partial charge in [-0.1, -0.05) is 51.1 Å². The van der Waals surface area contributed by atoms with E-state index >= 15 is 0 Å². The number of Topliss-reactive ketones (excluding diaryl/α,β-unsaturated/α-hetero) is 1. The molecule has 0 atom stereocenters. The van der Waals surface area contributed by atoms with Gasteiger partial charge in [0.2, 0.25) is 0 Å². The monoisotopic (exact) mass is 252 g/mol. The van der Waals surface area contributed by atoms with Crippen molar-refractivity contribution in [1.29, 1.82) is 0 Å². The fraction of sp³-hybridized carbons (Fsp3) is 0.429.